The Kier molecular flexibility index (Phi) is 2.60. The van der Waals surface area contributed by atoms with Crippen LogP contribution in [0, 0.1) is 17.1 Å². The first-order valence-corrected chi connectivity index (χ1v) is 3.45. The summed E-state index contributed by atoms with van der Waals surface area (Å²) in [6.45, 7) is 0. The second-order valence-electron chi connectivity index (χ2n) is 2.30. The highest BCUT2D eigenvalue weighted by molar-refractivity contribution is 5.80. The molecule has 0 heterocycles. The Morgan fingerprint density at radius 3 is 2.77 bits per heavy atom. The van der Waals surface area contributed by atoms with E-state index < -0.39 is 5.82 Å². The number of nitrogens with zero attached hydrogens (tertiary/aromatic N) is 1. The summed E-state index contributed by atoms with van der Waals surface area (Å²) < 4.78 is 17.8. The van der Waals surface area contributed by atoms with Crippen molar-refractivity contribution < 1.29 is 13.9 Å². The van der Waals surface area contributed by atoms with Crippen LogP contribution in [0.25, 0.3) is 0 Å². The molecule has 0 amide bonds. The highest BCUT2D eigenvalue weighted by Crippen LogP contribution is 2.21. The van der Waals surface area contributed by atoms with E-state index in [9.17, 15) is 9.18 Å². The van der Waals surface area contributed by atoms with Crippen LogP contribution in [0.2, 0.25) is 0 Å². The van der Waals surface area contributed by atoms with Gasteiger partial charge in [-0.15, -0.1) is 0 Å². The van der Waals surface area contributed by atoms with Gasteiger partial charge in [-0.3, -0.25) is 4.79 Å². The summed E-state index contributed by atoms with van der Waals surface area (Å²) in [6.07, 6.45) is 0.356. The second-order valence-corrected chi connectivity index (χ2v) is 2.30. The second kappa shape index (κ2) is 3.68. The molecule has 0 aliphatic heterocycles. The summed E-state index contributed by atoms with van der Waals surface area (Å²) in [5.41, 5.74) is -0.0403. The van der Waals surface area contributed by atoms with E-state index in [1.54, 1.807) is 6.07 Å². The summed E-state index contributed by atoms with van der Waals surface area (Å²) >= 11 is 0. The quantitative estimate of drug-likeness (QED) is 0.646. The number of halogens is 1. The number of methoxy groups -OCH3 is 1. The molecule has 0 fully saturated rings. The maximum atomic E-state index is 13.0. The maximum Gasteiger partial charge on any atom is 0.156 e. The van der Waals surface area contributed by atoms with Crippen LogP contribution in [0.3, 0.4) is 0 Å². The third-order valence-corrected chi connectivity index (χ3v) is 1.56. The molecule has 13 heavy (non-hydrogen) atoms. The van der Waals surface area contributed by atoms with Crippen LogP contribution in [-0.4, -0.2) is 13.4 Å². The van der Waals surface area contributed by atoms with Gasteiger partial charge in [0.2, 0.25) is 0 Å². The van der Waals surface area contributed by atoms with E-state index in [-0.39, 0.29) is 16.9 Å². The topological polar surface area (TPSA) is 50.1 Å². The number of benzene rings is 1. The standard InChI is InChI=1S/C9H6FNO2/c1-13-9-3-6(4-11)2-8(10)7(9)5-12/h2-3,5H,1H3. The van der Waals surface area contributed by atoms with Gasteiger partial charge in [-0.05, 0) is 12.1 Å². The highest BCUT2D eigenvalue weighted by atomic mass is 19.1. The molecule has 0 N–H and O–H groups in total. The smallest absolute Gasteiger partial charge is 0.156 e. The molecule has 1 rings (SSSR count). The van der Waals surface area contributed by atoms with Crippen LogP contribution in [0.4, 0.5) is 4.39 Å². The Balaban J connectivity index is 3.39. The molecule has 1 aromatic rings. The Labute approximate surface area is 74.4 Å². The predicted molar refractivity (Wildman–Crippen MR) is 43.1 cm³/mol. The van der Waals surface area contributed by atoms with Gasteiger partial charge in [-0.25, -0.2) is 4.39 Å². The first-order chi connectivity index (χ1) is 6.22. The molecular weight excluding hydrogens is 173 g/mol. The number of carbonyl (C=O) groups is 1. The Bertz CT molecular complexity index is 382. The van der Waals surface area contributed by atoms with Crippen molar-refractivity contribution in [1.29, 1.82) is 5.26 Å². The monoisotopic (exact) mass is 179 g/mol. The van der Waals surface area contributed by atoms with Crippen LogP contribution in [0.5, 0.6) is 5.75 Å². The molecule has 0 aliphatic rings. The van der Waals surface area contributed by atoms with Gasteiger partial charge in [0.05, 0.1) is 24.3 Å². The van der Waals surface area contributed by atoms with Crippen LogP contribution in [0.1, 0.15) is 15.9 Å². The molecule has 3 nitrogen and oxygen atoms in total. The van der Waals surface area contributed by atoms with Crippen molar-refractivity contribution >= 4 is 6.29 Å². The third-order valence-electron chi connectivity index (χ3n) is 1.56. The molecule has 0 aromatic heterocycles. The lowest BCUT2D eigenvalue weighted by Crippen LogP contribution is -1.95. The lowest BCUT2D eigenvalue weighted by molar-refractivity contribution is 0.111. The van der Waals surface area contributed by atoms with E-state index in [1.165, 1.54) is 13.2 Å². The number of hydrogen-bond acceptors (Lipinski definition) is 3. The normalized spacial score (nSPS) is 9.00. The van der Waals surface area contributed by atoms with Gasteiger partial charge in [0.25, 0.3) is 0 Å². The van der Waals surface area contributed by atoms with Crippen molar-refractivity contribution in [3.63, 3.8) is 0 Å². The van der Waals surface area contributed by atoms with Crippen molar-refractivity contribution in [2.45, 2.75) is 0 Å². The zero-order valence-corrected chi connectivity index (χ0v) is 6.87. The van der Waals surface area contributed by atoms with Crippen LogP contribution in [-0.2, 0) is 0 Å². The number of rotatable bonds is 2. The number of nitriles is 1. The van der Waals surface area contributed by atoms with Gasteiger partial charge in [-0.1, -0.05) is 0 Å². The van der Waals surface area contributed by atoms with Crippen molar-refractivity contribution in [1.82, 2.24) is 0 Å². The predicted octanol–water partition coefficient (Wildman–Crippen LogP) is 1.52. The molecule has 0 atom stereocenters. The lowest BCUT2D eigenvalue weighted by atomic mass is 10.1. The van der Waals surface area contributed by atoms with E-state index in [0.717, 1.165) is 6.07 Å². The molecule has 4 heteroatoms. The fourth-order valence-electron chi connectivity index (χ4n) is 0.940. The summed E-state index contributed by atoms with van der Waals surface area (Å²) in [7, 11) is 1.31. The van der Waals surface area contributed by atoms with Crippen molar-refractivity contribution in [3.8, 4) is 11.8 Å². The lowest BCUT2D eigenvalue weighted by Gasteiger charge is -2.03. The minimum Gasteiger partial charge on any atom is -0.496 e. The van der Waals surface area contributed by atoms with E-state index in [1.807, 2.05) is 0 Å². The number of carbonyl (C=O) groups excluding carboxylic acids is 1. The molecule has 0 aliphatic carbocycles. The fraction of sp³-hybridized carbons (Fsp3) is 0.111. The minimum absolute atomic E-state index is 0.0755. The van der Waals surface area contributed by atoms with Gasteiger partial charge < -0.3 is 4.74 Å². The highest BCUT2D eigenvalue weighted by Gasteiger charge is 2.10. The molecule has 0 bridgehead atoms. The van der Waals surface area contributed by atoms with Crippen molar-refractivity contribution in [2.24, 2.45) is 0 Å². The summed E-state index contributed by atoms with van der Waals surface area (Å²) in [5.74, 6) is -0.669. The molecule has 66 valence electrons. The van der Waals surface area contributed by atoms with Crippen LogP contribution >= 0.6 is 0 Å². The zero-order valence-electron chi connectivity index (χ0n) is 6.87. The average Bonchev–Trinajstić information content (AvgIpc) is 2.16. The third kappa shape index (κ3) is 1.64. The molecule has 0 unspecified atom stereocenters. The number of hydrogen-bond donors (Lipinski definition) is 0. The Hall–Kier alpha value is -1.89. The average molecular weight is 179 g/mol. The molecule has 0 saturated heterocycles. The van der Waals surface area contributed by atoms with Gasteiger partial charge in [0, 0.05) is 0 Å². The number of aldehydes is 1. The first-order valence-electron chi connectivity index (χ1n) is 3.45. The van der Waals surface area contributed by atoms with Crippen LogP contribution in [0.15, 0.2) is 12.1 Å². The number of ether oxygens (including phenoxy) is 1. The van der Waals surface area contributed by atoms with E-state index in [0.29, 0.717) is 6.29 Å². The fourth-order valence-corrected chi connectivity index (χ4v) is 0.940. The molecule has 0 saturated carbocycles. The Morgan fingerprint density at radius 2 is 2.31 bits per heavy atom. The molecule has 0 radical (unpaired) electrons. The first kappa shape index (κ1) is 9.20. The molecule has 0 spiro atoms. The van der Waals surface area contributed by atoms with Crippen LogP contribution < -0.4 is 4.74 Å². The minimum atomic E-state index is -0.745. The molecular formula is C9H6FNO2. The van der Waals surface area contributed by atoms with Crippen molar-refractivity contribution in [3.05, 3.63) is 29.1 Å². The van der Waals surface area contributed by atoms with Gasteiger partial charge in [-0.2, -0.15) is 5.26 Å². The van der Waals surface area contributed by atoms with Crippen molar-refractivity contribution in [2.75, 3.05) is 7.11 Å². The Morgan fingerprint density at radius 1 is 1.62 bits per heavy atom. The van der Waals surface area contributed by atoms with Gasteiger partial charge in [0.15, 0.2) is 6.29 Å². The molecule has 1 aromatic carbocycles. The summed E-state index contributed by atoms with van der Waals surface area (Å²) in [5, 5.41) is 8.49. The summed E-state index contributed by atoms with van der Waals surface area (Å²) in [6, 6.07) is 4.06. The summed E-state index contributed by atoms with van der Waals surface area (Å²) in [4.78, 5) is 10.4. The van der Waals surface area contributed by atoms with E-state index in [4.69, 9.17) is 10.00 Å². The SMILES string of the molecule is COc1cc(C#N)cc(F)c1C=O. The maximum absolute atomic E-state index is 13.0. The van der Waals surface area contributed by atoms with E-state index in [2.05, 4.69) is 0 Å². The van der Waals surface area contributed by atoms with Gasteiger partial charge in [0.1, 0.15) is 11.6 Å². The van der Waals surface area contributed by atoms with E-state index >= 15 is 0 Å². The zero-order chi connectivity index (χ0) is 9.84. The van der Waals surface area contributed by atoms with Gasteiger partial charge >= 0.3 is 0 Å². The largest absolute Gasteiger partial charge is 0.496 e.